The van der Waals surface area contributed by atoms with Crippen LogP contribution in [0.2, 0.25) is 0 Å². The Morgan fingerprint density at radius 2 is 1.60 bits per heavy atom. The molecular weight excluding hydrogens is 249 g/mol. The Kier molecular flexibility index (Phi) is 5.31. The van der Waals surface area contributed by atoms with E-state index in [-0.39, 0.29) is 11.9 Å². The van der Waals surface area contributed by atoms with Crippen molar-refractivity contribution in [3.8, 4) is 0 Å². The monoisotopic (exact) mass is 271 g/mol. The molecule has 2 aromatic rings. The highest BCUT2D eigenvalue weighted by Crippen LogP contribution is 2.21. The lowest BCUT2D eigenvalue weighted by atomic mass is 10.0. The molecule has 1 nitrogen and oxygen atoms in total. The van der Waals surface area contributed by atoms with Gasteiger partial charge in [-0.2, -0.15) is 0 Å². The van der Waals surface area contributed by atoms with Crippen LogP contribution >= 0.6 is 0 Å². The molecule has 0 bridgehead atoms. The van der Waals surface area contributed by atoms with E-state index in [1.165, 1.54) is 17.2 Å². The van der Waals surface area contributed by atoms with Gasteiger partial charge in [-0.25, -0.2) is 4.39 Å². The van der Waals surface area contributed by atoms with E-state index in [0.717, 1.165) is 24.9 Å². The summed E-state index contributed by atoms with van der Waals surface area (Å²) in [6, 6.07) is 15.5. The van der Waals surface area contributed by atoms with Gasteiger partial charge in [-0.15, -0.1) is 0 Å². The highest BCUT2D eigenvalue weighted by atomic mass is 19.1. The van der Waals surface area contributed by atoms with Crippen LogP contribution in [0.5, 0.6) is 0 Å². The third kappa shape index (κ3) is 3.45. The zero-order valence-corrected chi connectivity index (χ0v) is 12.2. The van der Waals surface area contributed by atoms with E-state index in [1.54, 1.807) is 6.07 Å². The van der Waals surface area contributed by atoms with E-state index in [4.69, 9.17) is 0 Å². The molecule has 0 aliphatic heterocycles. The maximum absolute atomic E-state index is 13.9. The van der Waals surface area contributed by atoms with Crippen LogP contribution in [-0.4, -0.2) is 0 Å². The molecule has 0 spiro atoms. The van der Waals surface area contributed by atoms with Gasteiger partial charge in [0.05, 0.1) is 0 Å². The molecule has 0 aliphatic carbocycles. The zero-order chi connectivity index (χ0) is 14.4. The lowest BCUT2D eigenvalue weighted by Crippen LogP contribution is -2.21. The molecule has 0 aliphatic rings. The largest absolute Gasteiger partial charge is 0.306 e. The van der Waals surface area contributed by atoms with Crippen molar-refractivity contribution >= 4 is 0 Å². The standard InChI is InChI=1S/C18H22FN/c1-3-14-9-5-6-10-15(14)13-20-18(4-2)16-11-7-8-12-17(16)19/h5-12,18,20H,3-4,13H2,1-2H3. The highest BCUT2D eigenvalue weighted by molar-refractivity contribution is 5.27. The lowest BCUT2D eigenvalue weighted by Gasteiger charge is -2.19. The minimum absolute atomic E-state index is 0.0566. The van der Waals surface area contributed by atoms with E-state index in [1.807, 2.05) is 12.1 Å². The van der Waals surface area contributed by atoms with Gasteiger partial charge >= 0.3 is 0 Å². The summed E-state index contributed by atoms with van der Waals surface area (Å²) in [5.41, 5.74) is 3.40. The van der Waals surface area contributed by atoms with Crippen LogP contribution in [0.4, 0.5) is 4.39 Å². The Morgan fingerprint density at radius 1 is 0.950 bits per heavy atom. The average Bonchev–Trinajstić information content (AvgIpc) is 2.50. The summed E-state index contributed by atoms with van der Waals surface area (Å²) < 4.78 is 13.9. The molecule has 106 valence electrons. The topological polar surface area (TPSA) is 12.0 Å². The molecule has 0 heterocycles. The van der Waals surface area contributed by atoms with Gasteiger partial charge < -0.3 is 5.32 Å². The molecule has 0 saturated carbocycles. The number of rotatable bonds is 6. The minimum Gasteiger partial charge on any atom is -0.306 e. The summed E-state index contributed by atoms with van der Waals surface area (Å²) in [5, 5.41) is 3.48. The van der Waals surface area contributed by atoms with Crippen molar-refractivity contribution in [1.29, 1.82) is 0 Å². The van der Waals surface area contributed by atoms with E-state index in [2.05, 4.69) is 43.4 Å². The lowest BCUT2D eigenvalue weighted by molar-refractivity contribution is 0.487. The highest BCUT2D eigenvalue weighted by Gasteiger charge is 2.13. The number of nitrogens with one attached hydrogen (secondary N) is 1. The van der Waals surface area contributed by atoms with Crippen molar-refractivity contribution in [2.45, 2.75) is 39.3 Å². The van der Waals surface area contributed by atoms with Crippen LogP contribution in [0.3, 0.4) is 0 Å². The van der Waals surface area contributed by atoms with Gasteiger partial charge in [-0.3, -0.25) is 0 Å². The Hall–Kier alpha value is -1.67. The summed E-state index contributed by atoms with van der Waals surface area (Å²) in [5.74, 6) is -0.129. The van der Waals surface area contributed by atoms with Crippen molar-refractivity contribution < 1.29 is 4.39 Å². The minimum atomic E-state index is -0.129. The molecule has 0 radical (unpaired) electrons. The van der Waals surface area contributed by atoms with Crippen molar-refractivity contribution in [2.24, 2.45) is 0 Å². The molecule has 0 amide bonds. The summed E-state index contributed by atoms with van der Waals surface area (Å²) in [4.78, 5) is 0. The molecular formula is C18H22FN. The summed E-state index contributed by atoms with van der Waals surface area (Å²) in [7, 11) is 0. The van der Waals surface area contributed by atoms with Crippen LogP contribution in [-0.2, 0) is 13.0 Å². The maximum Gasteiger partial charge on any atom is 0.127 e. The average molecular weight is 271 g/mol. The number of benzene rings is 2. The maximum atomic E-state index is 13.9. The first kappa shape index (κ1) is 14.7. The van der Waals surface area contributed by atoms with Gasteiger partial charge in [-0.05, 0) is 30.0 Å². The molecule has 0 saturated heterocycles. The molecule has 1 atom stereocenters. The smallest absolute Gasteiger partial charge is 0.127 e. The van der Waals surface area contributed by atoms with E-state index < -0.39 is 0 Å². The van der Waals surface area contributed by atoms with Gasteiger partial charge in [0.1, 0.15) is 5.82 Å². The summed E-state index contributed by atoms with van der Waals surface area (Å²) in [6.07, 6.45) is 1.89. The summed E-state index contributed by atoms with van der Waals surface area (Å²) >= 11 is 0. The summed E-state index contributed by atoms with van der Waals surface area (Å²) in [6.45, 7) is 5.01. The van der Waals surface area contributed by atoms with E-state index in [0.29, 0.717) is 0 Å². The number of hydrogen-bond donors (Lipinski definition) is 1. The SMILES string of the molecule is CCc1ccccc1CNC(CC)c1ccccc1F. The Balaban J connectivity index is 2.10. The normalized spacial score (nSPS) is 12.3. The van der Waals surface area contributed by atoms with Gasteiger partial charge in [0.15, 0.2) is 0 Å². The van der Waals surface area contributed by atoms with Crippen LogP contribution in [0.15, 0.2) is 48.5 Å². The predicted molar refractivity (Wildman–Crippen MR) is 82.1 cm³/mol. The van der Waals surface area contributed by atoms with Crippen LogP contribution < -0.4 is 5.32 Å². The first-order valence-corrected chi connectivity index (χ1v) is 7.30. The van der Waals surface area contributed by atoms with Crippen LogP contribution in [0.25, 0.3) is 0 Å². The van der Waals surface area contributed by atoms with Crippen molar-refractivity contribution in [2.75, 3.05) is 0 Å². The molecule has 0 aromatic heterocycles. The Morgan fingerprint density at radius 3 is 2.25 bits per heavy atom. The molecule has 2 aromatic carbocycles. The van der Waals surface area contributed by atoms with Gasteiger partial charge in [0, 0.05) is 18.2 Å². The van der Waals surface area contributed by atoms with Crippen LogP contribution in [0, 0.1) is 5.82 Å². The second-order valence-corrected chi connectivity index (χ2v) is 4.99. The molecule has 0 fully saturated rings. The van der Waals surface area contributed by atoms with E-state index in [9.17, 15) is 4.39 Å². The molecule has 1 unspecified atom stereocenters. The van der Waals surface area contributed by atoms with Crippen molar-refractivity contribution in [3.63, 3.8) is 0 Å². The fourth-order valence-corrected chi connectivity index (χ4v) is 2.54. The quantitative estimate of drug-likeness (QED) is 0.807. The van der Waals surface area contributed by atoms with Gasteiger partial charge in [-0.1, -0.05) is 56.3 Å². The molecule has 20 heavy (non-hydrogen) atoms. The van der Waals surface area contributed by atoms with Crippen LogP contribution in [0.1, 0.15) is 43.0 Å². The van der Waals surface area contributed by atoms with Crippen molar-refractivity contribution in [1.82, 2.24) is 5.32 Å². The third-order valence-corrected chi connectivity index (χ3v) is 3.73. The first-order valence-electron chi connectivity index (χ1n) is 7.30. The molecule has 2 rings (SSSR count). The zero-order valence-electron chi connectivity index (χ0n) is 12.2. The number of aryl methyl sites for hydroxylation is 1. The number of hydrogen-bond acceptors (Lipinski definition) is 1. The van der Waals surface area contributed by atoms with Crippen molar-refractivity contribution in [3.05, 3.63) is 71.0 Å². The number of halogens is 1. The Labute approximate surface area is 120 Å². The second kappa shape index (κ2) is 7.20. The third-order valence-electron chi connectivity index (χ3n) is 3.73. The fourth-order valence-electron chi connectivity index (χ4n) is 2.54. The molecule has 2 heteroatoms. The Bertz CT molecular complexity index is 551. The molecule has 1 N–H and O–H groups in total. The fraction of sp³-hybridized carbons (Fsp3) is 0.333. The van der Waals surface area contributed by atoms with E-state index >= 15 is 0 Å². The van der Waals surface area contributed by atoms with Gasteiger partial charge in [0.2, 0.25) is 0 Å². The first-order chi connectivity index (χ1) is 9.76. The van der Waals surface area contributed by atoms with Gasteiger partial charge in [0.25, 0.3) is 0 Å². The predicted octanol–water partition coefficient (Wildman–Crippen LogP) is 4.63. The second-order valence-electron chi connectivity index (χ2n) is 4.99.